The predicted molar refractivity (Wildman–Crippen MR) is 92.1 cm³/mol. The van der Waals surface area contributed by atoms with E-state index in [1.165, 1.54) is 16.7 Å². The third-order valence-corrected chi connectivity index (χ3v) is 4.64. The van der Waals surface area contributed by atoms with Crippen molar-refractivity contribution in [3.8, 4) is 0 Å². The summed E-state index contributed by atoms with van der Waals surface area (Å²) in [5.41, 5.74) is 3.90. The molecule has 22 heavy (non-hydrogen) atoms. The second kappa shape index (κ2) is 8.33. The summed E-state index contributed by atoms with van der Waals surface area (Å²) in [6.07, 6.45) is 4.72. The van der Waals surface area contributed by atoms with Crippen molar-refractivity contribution >= 4 is 5.91 Å². The average molecular weight is 302 g/mol. The molecule has 1 aliphatic heterocycles. The fourth-order valence-corrected chi connectivity index (χ4v) is 3.38. The number of carbonyl (C=O) groups excluding carboxylic acids is 1. The highest BCUT2D eigenvalue weighted by Gasteiger charge is 2.24. The molecule has 1 amide bonds. The number of piperidine rings is 1. The van der Waals surface area contributed by atoms with Crippen LogP contribution in [0.25, 0.3) is 0 Å². The molecule has 0 radical (unpaired) electrons. The van der Waals surface area contributed by atoms with Crippen molar-refractivity contribution in [1.82, 2.24) is 10.2 Å². The molecule has 1 aliphatic rings. The fourth-order valence-electron chi connectivity index (χ4n) is 3.38. The molecule has 3 heteroatoms. The number of carbonyl (C=O) groups is 1. The van der Waals surface area contributed by atoms with Gasteiger partial charge in [0.1, 0.15) is 0 Å². The number of nitrogens with zero attached hydrogens (tertiary/aromatic N) is 1. The van der Waals surface area contributed by atoms with Gasteiger partial charge < -0.3 is 10.2 Å². The van der Waals surface area contributed by atoms with Crippen molar-refractivity contribution in [1.29, 1.82) is 0 Å². The van der Waals surface area contributed by atoms with E-state index >= 15 is 0 Å². The Balaban J connectivity index is 1.95. The second-order valence-corrected chi connectivity index (χ2v) is 6.50. The van der Waals surface area contributed by atoms with Crippen LogP contribution in [0.4, 0.5) is 0 Å². The molecule has 122 valence electrons. The van der Waals surface area contributed by atoms with Gasteiger partial charge in [-0.15, -0.1) is 0 Å². The maximum Gasteiger partial charge on any atom is 0.223 e. The molecular formula is C19H30N2O. The van der Waals surface area contributed by atoms with Gasteiger partial charge in [-0.25, -0.2) is 0 Å². The molecule has 0 bridgehead atoms. The molecule has 0 aliphatic carbocycles. The van der Waals surface area contributed by atoms with Gasteiger partial charge in [-0.05, 0) is 63.7 Å². The molecule has 0 unspecified atom stereocenters. The van der Waals surface area contributed by atoms with Crippen LogP contribution in [-0.4, -0.2) is 36.5 Å². The average Bonchev–Trinajstić information content (AvgIpc) is 2.52. The summed E-state index contributed by atoms with van der Waals surface area (Å²) in [5, 5.41) is 3.38. The maximum atomic E-state index is 12.7. The minimum atomic E-state index is 0.328. The van der Waals surface area contributed by atoms with Crippen LogP contribution in [0.1, 0.15) is 49.3 Å². The summed E-state index contributed by atoms with van der Waals surface area (Å²) < 4.78 is 0. The highest BCUT2D eigenvalue weighted by Crippen LogP contribution is 2.17. The van der Waals surface area contributed by atoms with Gasteiger partial charge in [0.05, 0.1) is 0 Å². The van der Waals surface area contributed by atoms with Gasteiger partial charge in [0, 0.05) is 19.0 Å². The molecule has 1 heterocycles. The van der Waals surface area contributed by atoms with E-state index in [9.17, 15) is 4.79 Å². The van der Waals surface area contributed by atoms with Crippen molar-refractivity contribution in [3.05, 3.63) is 34.9 Å². The maximum absolute atomic E-state index is 12.7. The van der Waals surface area contributed by atoms with Crippen LogP contribution in [0, 0.1) is 13.8 Å². The van der Waals surface area contributed by atoms with Crippen LogP contribution in [0.2, 0.25) is 0 Å². The van der Waals surface area contributed by atoms with Crippen LogP contribution in [0.3, 0.4) is 0 Å². The van der Waals surface area contributed by atoms with E-state index in [-0.39, 0.29) is 0 Å². The van der Waals surface area contributed by atoms with Crippen molar-refractivity contribution in [2.75, 3.05) is 19.6 Å². The molecule has 1 saturated heterocycles. The van der Waals surface area contributed by atoms with Gasteiger partial charge in [-0.2, -0.15) is 0 Å². The predicted octanol–water partition coefficient (Wildman–Crippen LogP) is 3.23. The lowest BCUT2D eigenvalue weighted by Gasteiger charge is -2.34. The molecule has 0 saturated carbocycles. The molecule has 2 rings (SSSR count). The minimum absolute atomic E-state index is 0.328. The first-order valence-electron chi connectivity index (χ1n) is 8.68. The molecule has 1 fully saturated rings. The normalized spacial score (nSPS) is 15.8. The topological polar surface area (TPSA) is 32.3 Å². The van der Waals surface area contributed by atoms with Crippen molar-refractivity contribution in [3.63, 3.8) is 0 Å². The summed E-state index contributed by atoms with van der Waals surface area (Å²) in [5.74, 6) is 0.328. The third-order valence-electron chi connectivity index (χ3n) is 4.64. The number of aryl methyl sites for hydroxylation is 3. The number of benzene rings is 1. The van der Waals surface area contributed by atoms with E-state index in [4.69, 9.17) is 0 Å². The van der Waals surface area contributed by atoms with Gasteiger partial charge in [0.2, 0.25) is 5.91 Å². The Morgan fingerprint density at radius 2 is 2.00 bits per heavy atom. The molecule has 1 N–H and O–H groups in total. The molecule has 1 aromatic rings. The van der Waals surface area contributed by atoms with Gasteiger partial charge >= 0.3 is 0 Å². The Hall–Kier alpha value is -1.35. The molecule has 3 nitrogen and oxygen atoms in total. The number of hydrogen-bond donors (Lipinski definition) is 1. The summed E-state index contributed by atoms with van der Waals surface area (Å²) in [4.78, 5) is 14.8. The first kappa shape index (κ1) is 17.0. The Bertz CT molecular complexity index is 492. The summed E-state index contributed by atoms with van der Waals surface area (Å²) >= 11 is 0. The lowest BCUT2D eigenvalue weighted by molar-refractivity contribution is -0.134. The molecule has 1 aromatic carbocycles. The van der Waals surface area contributed by atoms with Gasteiger partial charge in [0.25, 0.3) is 0 Å². The third kappa shape index (κ3) is 4.57. The van der Waals surface area contributed by atoms with Crippen LogP contribution in [-0.2, 0) is 11.2 Å². The summed E-state index contributed by atoms with van der Waals surface area (Å²) in [6, 6.07) is 6.96. The van der Waals surface area contributed by atoms with Crippen LogP contribution in [0.15, 0.2) is 18.2 Å². The van der Waals surface area contributed by atoms with Crippen LogP contribution in [0.5, 0.6) is 0 Å². The Kier molecular flexibility index (Phi) is 6.44. The Morgan fingerprint density at radius 3 is 2.64 bits per heavy atom. The Labute approximate surface area is 135 Å². The SMILES string of the molecule is CCCN(C(=O)CCc1ccc(C)cc1C)C1CCNCC1. The van der Waals surface area contributed by atoms with E-state index in [1.54, 1.807) is 0 Å². The van der Waals surface area contributed by atoms with E-state index in [0.29, 0.717) is 18.4 Å². The van der Waals surface area contributed by atoms with Gasteiger partial charge in [-0.1, -0.05) is 30.7 Å². The van der Waals surface area contributed by atoms with Gasteiger partial charge in [-0.3, -0.25) is 4.79 Å². The number of hydrogen-bond acceptors (Lipinski definition) is 2. The molecule has 0 aromatic heterocycles. The first-order chi connectivity index (χ1) is 10.6. The highest BCUT2D eigenvalue weighted by atomic mass is 16.2. The van der Waals surface area contributed by atoms with E-state index in [2.05, 4.69) is 49.2 Å². The summed E-state index contributed by atoms with van der Waals surface area (Å²) in [6.45, 7) is 9.39. The largest absolute Gasteiger partial charge is 0.340 e. The molecular weight excluding hydrogens is 272 g/mol. The monoisotopic (exact) mass is 302 g/mol. The van der Waals surface area contributed by atoms with E-state index in [1.807, 2.05) is 0 Å². The zero-order chi connectivity index (χ0) is 15.9. The van der Waals surface area contributed by atoms with E-state index in [0.717, 1.165) is 45.3 Å². The fraction of sp³-hybridized carbons (Fsp3) is 0.632. The zero-order valence-electron chi connectivity index (χ0n) is 14.3. The van der Waals surface area contributed by atoms with Crippen LogP contribution >= 0.6 is 0 Å². The molecule has 0 spiro atoms. The van der Waals surface area contributed by atoms with Crippen molar-refractivity contribution in [2.45, 2.75) is 58.9 Å². The number of amides is 1. The van der Waals surface area contributed by atoms with Crippen LogP contribution < -0.4 is 5.32 Å². The minimum Gasteiger partial charge on any atom is -0.340 e. The standard InChI is InChI=1S/C19H30N2O/c1-4-13-21(18-9-11-20-12-10-18)19(22)8-7-17-6-5-15(2)14-16(17)3/h5-6,14,18,20H,4,7-13H2,1-3H3. The van der Waals surface area contributed by atoms with E-state index < -0.39 is 0 Å². The Morgan fingerprint density at radius 1 is 1.27 bits per heavy atom. The van der Waals surface area contributed by atoms with Crippen molar-refractivity contribution in [2.24, 2.45) is 0 Å². The highest BCUT2D eigenvalue weighted by molar-refractivity contribution is 5.77. The number of rotatable bonds is 6. The quantitative estimate of drug-likeness (QED) is 0.875. The smallest absolute Gasteiger partial charge is 0.223 e. The zero-order valence-corrected chi connectivity index (χ0v) is 14.3. The second-order valence-electron chi connectivity index (χ2n) is 6.50. The summed E-state index contributed by atoms with van der Waals surface area (Å²) in [7, 11) is 0. The van der Waals surface area contributed by atoms with Crippen molar-refractivity contribution < 1.29 is 4.79 Å². The lowest BCUT2D eigenvalue weighted by Crippen LogP contribution is -2.46. The first-order valence-corrected chi connectivity index (χ1v) is 8.68. The number of nitrogens with one attached hydrogen (secondary N) is 1. The van der Waals surface area contributed by atoms with Gasteiger partial charge in [0.15, 0.2) is 0 Å². The molecule has 0 atom stereocenters. The lowest BCUT2D eigenvalue weighted by atomic mass is 10.00.